The van der Waals surface area contributed by atoms with Crippen LogP contribution in [0.15, 0.2) is 24.4 Å². The number of nitrogens with zero attached hydrogens (tertiary/aromatic N) is 2. The van der Waals surface area contributed by atoms with Crippen molar-refractivity contribution in [3.63, 3.8) is 0 Å². The maximum absolute atomic E-state index is 9.43. The van der Waals surface area contributed by atoms with E-state index in [0.717, 1.165) is 21.1 Å². The van der Waals surface area contributed by atoms with Crippen LogP contribution in [0.4, 0.5) is 0 Å². The van der Waals surface area contributed by atoms with Gasteiger partial charge in [-0.3, -0.25) is 0 Å². The highest BCUT2D eigenvalue weighted by Crippen LogP contribution is 2.32. The van der Waals surface area contributed by atoms with Crippen molar-refractivity contribution in [2.45, 2.75) is 0 Å². The third kappa shape index (κ3) is 1.04. The molecule has 0 bridgehead atoms. The summed E-state index contributed by atoms with van der Waals surface area (Å²) in [6, 6.07) is 5.22. The molecule has 0 aliphatic carbocycles. The molecule has 5 heteroatoms. The Morgan fingerprint density at radius 2 is 2.27 bits per heavy atom. The summed E-state index contributed by atoms with van der Waals surface area (Å²) in [6.07, 6.45) is 1.81. The van der Waals surface area contributed by atoms with E-state index in [1.807, 2.05) is 12.3 Å². The molecule has 0 saturated heterocycles. The molecule has 1 N–H and O–H groups in total. The van der Waals surface area contributed by atoms with Gasteiger partial charge in [0.25, 0.3) is 0 Å². The monoisotopic (exact) mass is 220 g/mol. The Morgan fingerprint density at radius 1 is 1.40 bits per heavy atom. The second-order valence-corrected chi connectivity index (χ2v) is 4.00. The molecule has 4 nitrogen and oxygen atoms in total. The van der Waals surface area contributed by atoms with Gasteiger partial charge in [0, 0.05) is 16.8 Å². The summed E-state index contributed by atoms with van der Waals surface area (Å²) in [5.74, 6) is 0.235. The van der Waals surface area contributed by atoms with Crippen molar-refractivity contribution < 1.29 is 9.94 Å². The van der Waals surface area contributed by atoms with E-state index in [2.05, 4.69) is 4.37 Å². The Kier molecular flexibility index (Phi) is 1.63. The molecule has 1 aromatic carbocycles. The Morgan fingerprint density at radius 3 is 3.07 bits per heavy atom. The van der Waals surface area contributed by atoms with Gasteiger partial charge in [-0.05, 0) is 23.7 Å². The molecule has 3 aromatic rings. The van der Waals surface area contributed by atoms with Crippen LogP contribution in [0.1, 0.15) is 0 Å². The maximum atomic E-state index is 9.43. The molecule has 0 fully saturated rings. The summed E-state index contributed by atoms with van der Waals surface area (Å²) >= 11 is 1.38. The van der Waals surface area contributed by atoms with Crippen molar-refractivity contribution in [1.29, 1.82) is 0 Å². The van der Waals surface area contributed by atoms with Crippen molar-refractivity contribution in [2.24, 2.45) is 0 Å². The minimum atomic E-state index is 0.235. The zero-order valence-corrected chi connectivity index (χ0v) is 8.78. The van der Waals surface area contributed by atoms with Gasteiger partial charge in [-0.1, -0.05) is 0 Å². The van der Waals surface area contributed by atoms with Gasteiger partial charge in [0.2, 0.25) is 0 Å². The first-order valence-electron chi connectivity index (χ1n) is 4.43. The average molecular weight is 220 g/mol. The highest BCUT2D eigenvalue weighted by atomic mass is 32.1. The van der Waals surface area contributed by atoms with Gasteiger partial charge >= 0.3 is 0 Å². The largest absolute Gasteiger partial charge is 0.508 e. The van der Waals surface area contributed by atoms with Crippen LogP contribution in [0.3, 0.4) is 0 Å². The SMILES string of the molecule is COn1c2cc(O)ccc2c2cnsc21. The van der Waals surface area contributed by atoms with E-state index in [1.165, 1.54) is 11.5 Å². The Balaban J connectivity index is 2.58. The fourth-order valence-electron chi connectivity index (χ4n) is 1.77. The Hall–Kier alpha value is -1.75. The normalized spacial score (nSPS) is 11.3. The van der Waals surface area contributed by atoms with Crippen LogP contribution >= 0.6 is 11.5 Å². The van der Waals surface area contributed by atoms with Crippen LogP contribution in [0.5, 0.6) is 5.75 Å². The van der Waals surface area contributed by atoms with E-state index in [-0.39, 0.29) is 5.75 Å². The third-order valence-corrected chi connectivity index (χ3v) is 3.18. The number of rotatable bonds is 1. The summed E-state index contributed by atoms with van der Waals surface area (Å²) in [6.45, 7) is 0. The molecule has 15 heavy (non-hydrogen) atoms. The highest BCUT2D eigenvalue weighted by Gasteiger charge is 2.13. The lowest BCUT2D eigenvalue weighted by molar-refractivity contribution is 0.191. The second-order valence-electron chi connectivity index (χ2n) is 3.22. The minimum absolute atomic E-state index is 0.235. The predicted octanol–water partition coefficient (Wildman–Crippen LogP) is 2.01. The van der Waals surface area contributed by atoms with Crippen LogP contribution in [0.25, 0.3) is 21.1 Å². The highest BCUT2D eigenvalue weighted by molar-refractivity contribution is 7.13. The van der Waals surface area contributed by atoms with Crippen molar-refractivity contribution in [3.05, 3.63) is 24.4 Å². The minimum Gasteiger partial charge on any atom is -0.508 e. The lowest BCUT2D eigenvalue weighted by Gasteiger charge is -2.02. The van der Waals surface area contributed by atoms with E-state index in [1.54, 1.807) is 24.0 Å². The first-order valence-corrected chi connectivity index (χ1v) is 5.21. The molecule has 2 aromatic heterocycles. The summed E-state index contributed by atoms with van der Waals surface area (Å²) in [4.78, 5) is 6.23. The van der Waals surface area contributed by atoms with E-state index in [9.17, 15) is 5.11 Å². The lowest BCUT2D eigenvalue weighted by atomic mass is 10.2. The number of benzene rings is 1. The van der Waals surface area contributed by atoms with Crippen LogP contribution in [-0.4, -0.2) is 21.3 Å². The molecule has 3 rings (SSSR count). The quantitative estimate of drug-likeness (QED) is 0.682. The number of hydrogen-bond donors (Lipinski definition) is 1. The number of hydrogen-bond acceptors (Lipinski definition) is 4. The van der Waals surface area contributed by atoms with E-state index in [4.69, 9.17) is 4.84 Å². The van der Waals surface area contributed by atoms with Crippen molar-refractivity contribution in [3.8, 4) is 5.75 Å². The fourth-order valence-corrected chi connectivity index (χ4v) is 2.54. The lowest BCUT2D eigenvalue weighted by Crippen LogP contribution is -2.03. The van der Waals surface area contributed by atoms with E-state index in [0.29, 0.717) is 0 Å². The number of fused-ring (bicyclic) bond motifs is 3. The molecular weight excluding hydrogens is 212 g/mol. The van der Waals surface area contributed by atoms with Gasteiger partial charge in [-0.2, -0.15) is 9.10 Å². The molecule has 0 aliphatic rings. The molecule has 0 spiro atoms. The molecule has 2 heterocycles. The fraction of sp³-hybridized carbons (Fsp3) is 0.100. The van der Waals surface area contributed by atoms with Crippen molar-refractivity contribution in [2.75, 3.05) is 7.11 Å². The molecule has 0 saturated carbocycles. The second kappa shape index (κ2) is 2.87. The summed E-state index contributed by atoms with van der Waals surface area (Å²) < 4.78 is 5.80. The summed E-state index contributed by atoms with van der Waals surface area (Å²) in [7, 11) is 1.60. The first-order chi connectivity index (χ1) is 7.31. The van der Waals surface area contributed by atoms with Gasteiger partial charge in [-0.25, -0.2) is 0 Å². The van der Waals surface area contributed by atoms with Crippen molar-refractivity contribution >= 4 is 32.7 Å². The zero-order chi connectivity index (χ0) is 10.4. The van der Waals surface area contributed by atoms with Crippen LogP contribution in [0, 0.1) is 0 Å². The van der Waals surface area contributed by atoms with Gasteiger partial charge in [0.1, 0.15) is 12.9 Å². The molecular formula is C10H8N2O2S. The average Bonchev–Trinajstić information content (AvgIpc) is 2.76. The van der Waals surface area contributed by atoms with Crippen LogP contribution in [0.2, 0.25) is 0 Å². The van der Waals surface area contributed by atoms with Crippen LogP contribution in [-0.2, 0) is 0 Å². The van der Waals surface area contributed by atoms with Gasteiger partial charge in [0.15, 0.2) is 4.83 Å². The molecule has 0 aliphatic heterocycles. The van der Waals surface area contributed by atoms with E-state index < -0.39 is 0 Å². The Bertz CT molecular complexity index is 641. The van der Waals surface area contributed by atoms with Crippen LogP contribution < -0.4 is 4.84 Å². The number of aromatic nitrogens is 2. The number of aromatic hydroxyl groups is 1. The smallest absolute Gasteiger partial charge is 0.161 e. The Labute approximate surface area is 89.4 Å². The van der Waals surface area contributed by atoms with E-state index >= 15 is 0 Å². The number of phenolic OH excluding ortho intramolecular Hbond substituents is 1. The van der Waals surface area contributed by atoms with Crippen molar-refractivity contribution in [1.82, 2.24) is 9.10 Å². The van der Waals surface area contributed by atoms with Gasteiger partial charge in [-0.15, -0.1) is 0 Å². The van der Waals surface area contributed by atoms with Gasteiger partial charge in [0.05, 0.1) is 11.7 Å². The molecule has 0 radical (unpaired) electrons. The summed E-state index contributed by atoms with van der Waals surface area (Å²) in [5, 5.41) is 11.5. The summed E-state index contributed by atoms with van der Waals surface area (Å²) in [5.41, 5.74) is 0.862. The molecule has 76 valence electrons. The van der Waals surface area contributed by atoms with Gasteiger partial charge < -0.3 is 9.94 Å². The molecule has 0 atom stereocenters. The topological polar surface area (TPSA) is 47.3 Å². The third-order valence-electron chi connectivity index (χ3n) is 2.41. The zero-order valence-electron chi connectivity index (χ0n) is 7.97. The number of phenols is 1. The molecule has 0 amide bonds. The first kappa shape index (κ1) is 8.55. The standard InChI is InChI=1S/C10H8N2O2S/c1-14-12-9-4-6(13)2-3-7(9)8-5-11-15-10(8)12/h2-5,13H,1H3. The predicted molar refractivity (Wildman–Crippen MR) is 59.3 cm³/mol. The maximum Gasteiger partial charge on any atom is 0.161 e. The molecule has 0 unspecified atom stereocenters.